The van der Waals surface area contributed by atoms with Gasteiger partial charge in [-0.25, -0.2) is 0 Å². The summed E-state index contributed by atoms with van der Waals surface area (Å²) in [5.74, 6) is 0. The van der Waals surface area contributed by atoms with Gasteiger partial charge in [0.25, 0.3) is 0 Å². The standard InChI is InChI=1S/C19H14F3N2O.Rb/c1-11-7-8-15-17(16(11)12-9-23-24(2)10-12)13-5-3-4-6-14(13)18(15,25)19(20,21)22;/h3-6,8-10,25H,1-2H3;/q-1;+1. The molecule has 0 saturated carbocycles. The van der Waals surface area contributed by atoms with Crippen LogP contribution in [-0.2, 0) is 12.6 Å². The van der Waals surface area contributed by atoms with Crippen molar-refractivity contribution in [2.24, 2.45) is 7.05 Å². The van der Waals surface area contributed by atoms with Crippen LogP contribution in [0.4, 0.5) is 13.2 Å². The van der Waals surface area contributed by atoms with Gasteiger partial charge in [0.1, 0.15) is 0 Å². The second-order valence-electron chi connectivity index (χ2n) is 6.23. The summed E-state index contributed by atoms with van der Waals surface area (Å²) in [6.45, 7) is 1.79. The zero-order chi connectivity index (χ0) is 18.0. The third-order valence-corrected chi connectivity index (χ3v) is 4.71. The molecule has 0 aliphatic heterocycles. The molecule has 4 rings (SSSR count). The molecule has 3 aromatic rings. The largest absolute Gasteiger partial charge is 1.00 e. The van der Waals surface area contributed by atoms with Gasteiger partial charge < -0.3 is 5.11 Å². The van der Waals surface area contributed by atoms with Crippen molar-refractivity contribution in [1.29, 1.82) is 0 Å². The van der Waals surface area contributed by atoms with Crippen molar-refractivity contribution in [1.82, 2.24) is 9.78 Å². The summed E-state index contributed by atoms with van der Waals surface area (Å²) < 4.78 is 43.2. The Bertz CT molecular complexity index is 997. The molecule has 0 spiro atoms. The van der Waals surface area contributed by atoms with E-state index in [0.717, 1.165) is 0 Å². The van der Waals surface area contributed by atoms with E-state index in [1.165, 1.54) is 18.2 Å². The first-order valence-corrected chi connectivity index (χ1v) is 7.69. The monoisotopic (exact) mass is 428 g/mol. The van der Waals surface area contributed by atoms with Gasteiger partial charge in [-0.1, -0.05) is 31.2 Å². The van der Waals surface area contributed by atoms with Crippen LogP contribution in [-0.4, -0.2) is 21.1 Å². The van der Waals surface area contributed by atoms with Gasteiger partial charge >= 0.3 is 64.4 Å². The Labute approximate surface area is 197 Å². The molecule has 0 saturated heterocycles. The summed E-state index contributed by atoms with van der Waals surface area (Å²) in [6, 6.07) is 10.2. The first-order chi connectivity index (χ1) is 11.7. The molecule has 1 aromatic heterocycles. The average molecular weight is 429 g/mol. The van der Waals surface area contributed by atoms with Crippen LogP contribution < -0.4 is 58.2 Å². The maximum absolute atomic E-state index is 13.9. The minimum atomic E-state index is -4.84. The molecule has 3 nitrogen and oxygen atoms in total. The fraction of sp³-hybridized carbons (Fsp3) is 0.211. The summed E-state index contributed by atoms with van der Waals surface area (Å²) >= 11 is 0. The minimum absolute atomic E-state index is 0. The van der Waals surface area contributed by atoms with E-state index < -0.39 is 11.8 Å². The van der Waals surface area contributed by atoms with Gasteiger partial charge in [0.05, 0.1) is 0 Å². The average Bonchev–Trinajstić information content (AvgIpc) is 3.09. The number of halogens is 3. The van der Waals surface area contributed by atoms with Crippen molar-refractivity contribution in [3.63, 3.8) is 0 Å². The molecular weight excluding hydrogens is 415 g/mol. The van der Waals surface area contributed by atoms with Gasteiger partial charge in [-0.05, 0) is 16.7 Å². The number of alkyl halides is 3. The van der Waals surface area contributed by atoms with E-state index in [2.05, 4.69) is 11.2 Å². The van der Waals surface area contributed by atoms with Crippen molar-refractivity contribution in [2.45, 2.75) is 18.7 Å². The van der Waals surface area contributed by atoms with Crippen LogP contribution in [0.1, 0.15) is 16.7 Å². The van der Waals surface area contributed by atoms with Gasteiger partial charge in [0, 0.05) is 19.4 Å². The quantitative estimate of drug-likeness (QED) is 0.587. The van der Waals surface area contributed by atoms with E-state index in [9.17, 15) is 18.3 Å². The van der Waals surface area contributed by atoms with Crippen molar-refractivity contribution >= 4 is 0 Å². The van der Waals surface area contributed by atoms with Crippen LogP contribution >= 0.6 is 0 Å². The molecular formula is C19H14F3N2ORb. The SMILES string of the molecule is Cc1[c-]cc2c(c1-c1cnn(C)c1)-c1ccccc1C2(O)C(F)(F)F.[Rb+]. The summed E-state index contributed by atoms with van der Waals surface area (Å²) in [7, 11) is 1.74. The minimum Gasteiger partial charge on any atom is -0.384 e. The van der Waals surface area contributed by atoms with E-state index in [-0.39, 0.29) is 69.3 Å². The molecule has 2 aromatic carbocycles. The smallest absolute Gasteiger partial charge is 0.384 e. The molecule has 128 valence electrons. The second-order valence-corrected chi connectivity index (χ2v) is 6.23. The Hall–Kier alpha value is -0.795. The van der Waals surface area contributed by atoms with Crippen LogP contribution in [0.2, 0.25) is 0 Å². The second kappa shape index (κ2) is 6.67. The predicted molar refractivity (Wildman–Crippen MR) is 86.7 cm³/mol. The van der Waals surface area contributed by atoms with Gasteiger partial charge in [0.15, 0.2) is 5.60 Å². The molecule has 1 aliphatic carbocycles. The number of rotatable bonds is 1. The topological polar surface area (TPSA) is 38.0 Å². The van der Waals surface area contributed by atoms with Crippen LogP contribution in [0.3, 0.4) is 0 Å². The van der Waals surface area contributed by atoms with Crippen molar-refractivity contribution in [2.75, 3.05) is 0 Å². The summed E-state index contributed by atoms with van der Waals surface area (Å²) in [6.07, 6.45) is -1.50. The first-order valence-electron chi connectivity index (χ1n) is 7.69. The normalized spacial score (nSPS) is 18.2. The molecule has 0 bridgehead atoms. The van der Waals surface area contributed by atoms with Crippen LogP contribution in [0, 0.1) is 13.0 Å². The zero-order valence-corrected chi connectivity index (χ0v) is 19.4. The Kier molecular flexibility index (Phi) is 5.12. The molecule has 26 heavy (non-hydrogen) atoms. The third-order valence-electron chi connectivity index (χ3n) is 4.71. The third kappa shape index (κ3) is 2.69. The molecule has 0 fully saturated rings. The Morgan fingerprint density at radius 3 is 2.46 bits per heavy atom. The molecule has 1 unspecified atom stereocenters. The molecule has 1 atom stereocenters. The number of hydrogen-bond donors (Lipinski definition) is 1. The Morgan fingerprint density at radius 1 is 1.15 bits per heavy atom. The maximum Gasteiger partial charge on any atom is 1.00 e. The van der Waals surface area contributed by atoms with Gasteiger partial charge in [0.2, 0.25) is 0 Å². The fourth-order valence-corrected chi connectivity index (χ4v) is 3.59. The Morgan fingerprint density at radius 2 is 1.85 bits per heavy atom. The first kappa shape index (κ1) is 20.0. The number of benzene rings is 2. The summed E-state index contributed by atoms with van der Waals surface area (Å²) in [5, 5.41) is 14.9. The van der Waals surface area contributed by atoms with E-state index in [1.807, 2.05) is 0 Å². The van der Waals surface area contributed by atoms with E-state index >= 15 is 0 Å². The van der Waals surface area contributed by atoms with Crippen molar-refractivity contribution in [3.05, 3.63) is 65.5 Å². The number of aromatic nitrogens is 2. The number of hydrogen-bond acceptors (Lipinski definition) is 2. The zero-order valence-electron chi connectivity index (χ0n) is 14.5. The van der Waals surface area contributed by atoms with Crippen molar-refractivity contribution in [3.8, 4) is 22.3 Å². The number of aliphatic hydroxyl groups is 1. The summed E-state index contributed by atoms with van der Waals surface area (Å²) in [4.78, 5) is 0. The van der Waals surface area contributed by atoms with Gasteiger partial charge in [-0.2, -0.15) is 36.0 Å². The van der Waals surface area contributed by atoms with Gasteiger partial charge in [-0.3, -0.25) is 4.68 Å². The molecule has 0 amide bonds. The van der Waals surface area contributed by atoms with Crippen LogP contribution in [0.5, 0.6) is 0 Å². The van der Waals surface area contributed by atoms with Gasteiger partial charge in [-0.15, -0.1) is 16.7 Å². The molecule has 7 heteroatoms. The molecule has 1 N–H and O–H groups in total. The van der Waals surface area contributed by atoms with Crippen molar-refractivity contribution < 1.29 is 76.5 Å². The Balaban J connectivity index is 0.00000196. The van der Waals surface area contributed by atoms with E-state index in [4.69, 9.17) is 0 Å². The van der Waals surface area contributed by atoms with E-state index in [1.54, 1.807) is 43.2 Å². The maximum atomic E-state index is 13.9. The summed E-state index contributed by atoms with van der Waals surface area (Å²) in [5.41, 5.74) is -0.610. The number of nitrogens with zero attached hydrogens (tertiary/aromatic N) is 2. The molecule has 1 heterocycles. The molecule has 1 aliphatic rings. The number of fused-ring (bicyclic) bond motifs is 3. The predicted octanol–water partition coefficient (Wildman–Crippen LogP) is 0.978. The van der Waals surface area contributed by atoms with Crippen LogP contribution in [0.15, 0.2) is 42.7 Å². The van der Waals surface area contributed by atoms with E-state index in [0.29, 0.717) is 27.8 Å². The number of aryl methyl sites for hydroxylation is 2. The molecule has 0 radical (unpaired) electrons. The van der Waals surface area contributed by atoms with Crippen LogP contribution in [0.25, 0.3) is 22.3 Å². The fourth-order valence-electron chi connectivity index (χ4n) is 3.59.